The van der Waals surface area contributed by atoms with Crippen LogP contribution in [-0.2, 0) is 0 Å². The summed E-state index contributed by atoms with van der Waals surface area (Å²) in [4.78, 5) is 4.99. The van der Waals surface area contributed by atoms with Crippen LogP contribution >= 0.6 is 34.4 Å². The summed E-state index contributed by atoms with van der Waals surface area (Å²) in [6, 6.07) is 18.2. The molecule has 0 saturated heterocycles. The Labute approximate surface area is 384 Å². The van der Waals surface area contributed by atoms with E-state index in [1.165, 1.54) is 196 Å². The highest BCUT2D eigenvalue weighted by Gasteiger charge is 2.22. The highest BCUT2D eigenvalue weighted by molar-refractivity contribution is 7.19. The van der Waals surface area contributed by atoms with Gasteiger partial charge in [0.15, 0.2) is 0 Å². The van der Waals surface area contributed by atoms with Gasteiger partial charge in [0.25, 0.3) is 0 Å². The zero-order chi connectivity index (χ0) is 43.1. The summed E-state index contributed by atoms with van der Waals surface area (Å²) in [7, 11) is 0. The number of hydrogen-bond acceptors (Lipinski definition) is 7. The van der Waals surface area contributed by atoms with Gasteiger partial charge in [-0.3, -0.25) is 0 Å². The van der Waals surface area contributed by atoms with Crippen molar-refractivity contribution in [3.8, 4) is 42.8 Å². The topological polar surface area (TPSA) is 44.2 Å². The molecule has 0 fully saturated rings. The molecule has 336 valence electrons. The van der Waals surface area contributed by atoms with Gasteiger partial charge in [0, 0.05) is 36.2 Å². The summed E-state index contributed by atoms with van der Waals surface area (Å²) in [5, 5.41) is 0. The molecule has 0 aliphatic carbocycles. The standard InChI is InChI=1S/C54H80N2O2S3/c1-7-11-15-19-21-25-29-43(27-23-17-13-9-3)39-57-48-38-47(52-36-35-50(60-52)45-33-31-41(5)53-54(45)56-61-55-53)49(37-46(48)51-34-32-42(6)59-51)58-40-44(28-24-18-14-10-4)30-26-22-20-16-12-8-2/h31-38,43-44H,7-30,39-40H2,1-6H3. The molecular formula is C54H80N2O2S3. The number of thiophene rings is 2. The molecule has 0 bridgehead atoms. The minimum atomic E-state index is 0.562. The molecule has 3 aromatic heterocycles. The van der Waals surface area contributed by atoms with Gasteiger partial charge >= 0.3 is 0 Å². The lowest BCUT2D eigenvalue weighted by Gasteiger charge is -2.22. The van der Waals surface area contributed by atoms with Crippen LogP contribution in [0.25, 0.3) is 42.4 Å². The Morgan fingerprint density at radius 2 is 0.852 bits per heavy atom. The maximum atomic E-state index is 7.15. The second-order valence-electron chi connectivity index (χ2n) is 18.0. The summed E-state index contributed by atoms with van der Waals surface area (Å²) in [5.41, 5.74) is 6.64. The van der Waals surface area contributed by atoms with Crippen LogP contribution in [0, 0.1) is 25.7 Å². The largest absolute Gasteiger partial charge is 0.493 e. The quantitative estimate of drug-likeness (QED) is 0.0394. The Bertz CT molecular complexity index is 1940. The number of unbranched alkanes of at least 4 members (excludes halogenated alkanes) is 16. The van der Waals surface area contributed by atoms with Gasteiger partial charge < -0.3 is 9.47 Å². The van der Waals surface area contributed by atoms with Crippen molar-refractivity contribution in [3.63, 3.8) is 0 Å². The fourth-order valence-corrected chi connectivity index (χ4v) is 11.3. The van der Waals surface area contributed by atoms with Crippen molar-refractivity contribution >= 4 is 45.4 Å². The van der Waals surface area contributed by atoms with Crippen molar-refractivity contribution in [2.24, 2.45) is 11.8 Å². The lowest BCUT2D eigenvalue weighted by atomic mass is 9.94. The molecular weight excluding hydrogens is 805 g/mol. The summed E-state index contributed by atoms with van der Waals surface area (Å²) in [6.45, 7) is 15.1. The van der Waals surface area contributed by atoms with Crippen LogP contribution in [0.3, 0.4) is 0 Å². The van der Waals surface area contributed by atoms with Crippen molar-refractivity contribution in [3.05, 3.63) is 59.0 Å². The molecule has 2 aromatic carbocycles. The predicted molar refractivity (Wildman–Crippen MR) is 270 cm³/mol. The van der Waals surface area contributed by atoms with E-state index < -0.39 is 0 Å². The minimum Gasteiger partial charge on any atom is -0.493 e. The zero-order valence-corrected chi connectivity index (χ0v) is 41.5. The Kier molecular flexibility index (Phi) is 22.7. The average molecular weight is 885 g/mol. The van der Waals surface area contributed by atoms with Crippen LogP contribution in [0.2, 0.25) is 0 Å². The Morgan fingerprint density at radius 1 is 0.443 bits per heavy atom. The lowest BCUT2D eigenvalue weighted by molar-refractivity contribution is 0.220. The number of aromatic nitrogens is 2. The summed E-state index contributed by atoms with van der Waals surface area (Å²) >= 11 is 5.00. The van der Waals surface area contributed by atoms with Gasteiger partial charge in [-0.25, -0.2) is 0 Å². The van der Waals surface area contributed by atoms with Gasteiger partial charge in [-0.2, -0.15) is 8.75 Å². The molecule has 5 rings (SSSR count). The first-order valence-electron chi connectivity index (χ1n) is 24.8. The van der Waals surface area contributed by atoms with E-state index in [1.54, 1.807) is 0 Å². The van der Waals surface area contributed by atoms with E-state index in [-0.39, 0.29) is 0 Å². The highest BCUT2D eigenvalue weighted by Crippen LogP contribution is 2.47. The van der Waals surface area contributed by atoms with Crippen molar-refractivity contribution < 1.29 is 9.47 Å². The molecule has 2 atom stereocenters. The van der Waals surface area contributed by atoms with E-state index >= 15 is 0 Å². The number of hydrogen-bond donors (Lipinski definition) is 0. The van der Waals surface area contributed by atoms with Crippen LogP contribution < -0.4 is 9.47 Å². The number of benzene rings is 2. The monoisotopic (exact) mass is 885 g/mol. The Balaban J connectivity index is 1.48. The molecule has 0 saturated carbocycles. The second kappa shape index (κ2) is 28.1. The maximum absolute atomic E-state index is 7.15. The number of fused-ring (bicyclic) bond motifs is 1. The third-order valence-electron chi connectivity index (χ3n) is 12.7. The van der Waals surface area contributed by atoms with Crippen molar-refractivity contribution in [2.75, 3.05) is 13.2 Å². The van der Waals surface area contributed by atoms with E-state index in [2.05, 4.69) is 94.4 Å². The van der Waals surface area contributed by atoms with Crippen molar-refractivity contribution in [2.45, 2.75) is 196 Å². The molecule has 0 N–H and O–H groups in total. The fourth-order valence-electron chi connectivity index (χ4n) is 8.76. The van der Waals surface area contributed by atoms with Gasteiger partial charge in [0.1, 0.15) is 22.5 Å². The summed E-state index contributed by atoms with van der Waals surface area (Å²) in [5.74, 6) is 3.10. The fraction of sp³-hybridized carbons (Fsp3) is 0.630. The molecule has 0 spiro atoms. The summed E-state index contributed by atoms with van der Waals surface area (Å²) < 4.78 is 23.7. The van der Waals surface area contributed by atoms with Crippen molar-refractivity contribution in [1.29, 1.82) is 0 Å². The molecule has 4 nitrogen and oxygen atoms in total. The molecule has 7 heteroatoms. The van der Waals surface area contributed by atoms with Gasteiger partial charge in [0.2, 0.25) is 0 Å². The normalized spacial score (nSPS) is 12.7. The molecule has 0 aliphatic heterocycles. The van der Waals surface area contributed by atoms with Crippen LogP contribution in [0.1, 0.15) is 192 Å². The average Bonchev–Trinajstić information content (AvgIpc) is 4.07. The zero-order valence-electron chi connectivity index (χ0n) is 39.1. The molecule has 0 aliphatic rings. The number of aryl methyl sites for hydroxylation is 2. The van der Waals surface area contributed by atoms with Crippen LogP contribution in [-0.4, -0.2) is 22.0 Å². The van der Waals surface area contributed by atoms with Gasteiger partial charge in [-0.1, -0.05) is 168 Å². The van der Waals surface area contributed by atoms with Crippen molar-refractivity contribution in [1.82, 2.24) is 8.75 Å². The third-order valence-corrected chi connectivity index (χ3v) is 15.4. The first-order chi connectivity index (χ1) is 29.9. The number of ether oxygens (including phenoxy) is 2. The summed E-state index contributed by atoms with van der Waals surface area (Å²) in [6.07, 6.45) is 31.5. The number of rotatable bonds is 33. The SMILES string of the molecule is CCCCCCCCC(CCCCCC)COc1cc(-c2ccc(-c3ccc(C)c4nsnc34)s2)c(OCC(CCCCCC)CCCCCCCC)cc1-c1ccc(C)s1. The van der Waals surface area contributed by atoms with E-state index in [0.29, 0.717) is 11.8 Å². The van der Waals surface area contributed by atoms with E-state index in [9.17, 15) is 0 Å². The molecule has 0 radical (unpaired) electrons. The highest BCUT2D eigenvalue weighted by atomic mass is 32.1. The molecule has 0 amide bonds. The Hall–Kier alpha value is -2.74. The smallest absolute Gasteiger partial charge is 0.128 e. The molecule has 61 heavy (non-hydrogen) atoms. The van der Waals surface area contributed by atoms with E-state index in [4.69, 9.17) is 13.8 Å². The van der Waals surface area contributed by atoms with Crippen LogP contribution in [0.4, 0.5) is 0 Å². The first-order valence-corrected chi connectivity index (χ1v) is 27.1. The van der Waals surface area contributed by atoms with Gasteiger partial charge in [0.05, 0.1) is 24.9 Å². The predicted octanol–water partition coefficient (Wildman–Crippen LogP) is 18.9. The Morgan fingerprint density at radius 3 is 1.33 bits per heavy atom. The second-order valence-corrected chi connectivity index (χ2v) is 20.9. The third kappa shape index (κ3) is 16.1. The van der Waals surface area contributed by atoms with Crippen LogP contribution in [0.15, 0.2) is 48.5 Å². The van der Waals surface area contributed by atoms with Gasteiger partial charge in [-0.05, 0) is 93.3 Å². The molecule has 5 aromatic rings. The van der Waals surface area contributed by atoms with E-state index in [0.717, 1.165) is 46.9 Å². The maximum Gasteiger partial charge on any atom is 0.128 e. The number of nitrogens with zero attached hydrogens (tertiary/aromatic N) is 2. The first kappa shape index (κ1) is 49.3. The lowest BCUT2D eigenvalue weighted by Crippen LogP contribution is -2.14. The van der Waals surface area contributed by atoms with Gasteiger partial charge in [-0.15, -0.1) is 22.7 Å². The molecule has 3 heterocycles. The van der Waals surface area contributed by atoms with E-state index in [1.807, 2.05) is 22.7 Å². The molecule has 2 unspecified atom stereocenters. The minimum absolute atomic E-state index is 0.562. The van der Waals surface area contributed by atoms with Crippen LogP contribution in [0.5, 0.6) is 11.5 Å².